The Morgan fingerprint density at radius 3 is 2.68 bits per heavy atom. The first-order chi connectivity index (χ1) is 8.68. The monoisotopic (exact) mass is 381 g/mol. The highest BCUT2D eigenvalue weighted by molar-refractivity contribution is 14.0. The van der Waals surface area contributed by atoms with Crippen LogP contribution in [0.3, 0.4) is 0 Å². The number of nitrogens with two attached hydrogens (primary N) is 1. The molecule has 6 heteroatoms. The third-order valence-electron chi connectivity index (χ3n) is 3.52. The molecule has 2 aliphatic rings. The molecule has 5 nitrogen and oxygen atoms in total. The van der Waals surface area contributed by atoms with Crippen LogP contribution in [0.5, 0.6) is 0 Å². The maximum Gasteiger partial charge on any atom is 0.191 e. The highest BCUT2D eigenvalue weighted by Crippen LogP contribution is 2.25. The van der Waals surface area contributed by atoms with Crippen molar-refractivity contribution in [1.29, 1.82) is 0 Å². The summed E-state index contributed by atoms with van der Waals surface area (Å²) in [5.74, 6) is 1.05. The lowest BCUT2D eigenvalue weighted by atomic mass is 9.97. The second-order valence-electron chi connectivity index (χ2n) is 4.98. The Bertz CT molecular complexity index is 330. The van der Waals surface area contributed by atoms with Crippen LogP contribution in [-0.4, -0.2) is 56.4 Å². The number of rotatable bonds is 3. The third-order valence-corrected chi connectivity index (χ3v) is 3.52. The minimum atomic E-state index is 0. The zero-order valence-corrected chi connectivity index (χ0v) is 13.8. The predicted octanol–water partition coefficient (Wildman–Crippen LogP) is 1.23. The van der Waals surface area contributed by atoms with Crippen molar-refractivity contribution in [3.05, 3.63) is 12.2 Å². The summed E-state index contributed by atoms with van der Waals surface area (Å²) in [7, 11) is 0. The molecule has 0 aromatic carbocycles. The average Bonchev–Trinajstić information content (AvgIpc) is 2.85. The Balaban J connectivity index is 0.00000180. The highest BCUT2D eigenvalue weighted by Gasteiger charge is 2.28. The van der Waals surface area contributed by atoms with Gasteiger partial charge in [0.15, 0.2) is 5.96 Å². The van der Waals surface area contributed by atoms with Crippen molar-refractivity contribution < 1.29 is 9.47 Å². The van der Waals surface area contributed by atoms with Crippen LogP contribution in [0.25, 0.3) is 0 Å². The van der Waals surface area contributed by atoms with Crippen molar-refractivity contribution in [3.8, 4) is 0 Å². The summed E-state index contributed by atoms with van der Waals surface area (Å²) < 4.78 is 11.0. The van der Waals surface area contributed by atoms with Gasteiger partial charge in [0.05, 0.1) is 19.3 Å². The first kappa shape index (κ1) is 16.7. The first-order valence-corrected chi connectivity index (χ1v) is 6.58. The molecule has 0 radical (unpaired) electrons. The number of morpholine rings is 1. The van der Waals surface area contributed by atoms with Gasteiger partial charge in [0.2, 0.25) is 0 Å². The van der Waals surface area contributed by atoms with Gasteiger partial charge in [-0.25, -0.2) is 0 Å². The average molecular weight is 381 g/mol. The minimum absolute atomic E-state index is 0. The normalized spacial score (nSPS) is 28.1. The summed E-state index contributed by atoms with van der Waals surface area (Å²) in [5, 5.41) is 0. The smallest absolute Gasteiger partial charge is 0.191 e. The zero-order valence-electron chi connectivity index (χ0n) is 11.5. The third kappa shape index (κ3) is 4.61. The number of nitrogens with zero attached hydrogens (tertiary/aromatic N) is 2. The Morgan fingerprint density at radius 2 is 2.05 bits per heavy atom. The largest absolute Gasteiger partial charge is 0.378 e. The van der Waals surface area contributed by atoms with Gasteiger partial charge in [-0.2, -0.15) is 0 Å². The lowest BCUT2D eigenvalue weighted by molar-refractivity contribution is 0.0673. The van der Waals surface area contributed by atoms with E-state index in [0.29, 0.717) is 11.9 Å². The van der Waals surface area contributed by atoms with Crippen molar-refractivity contribution in [2.75, 3.05) is 39.5 Å². The molecule has 2 fully saturated rings. The van der Waals surface area contributed by atoms with Gasteiger partial charge in [-0.05, 0) is 13.3 Å². The number of halogens is 1. The fourth-order valence-electron chi connectivity index (χ4n) is 2.47. The first-order valence-electron chi connectivity index (χ1n) is 6.58. The van der Waals surface area contributed by atoms with E-state index in [-0.39, 0.29) is 30.1 Å². The van der Waals surface area contributed by atoms with Crippen LogP contribution in [0.15, 0.2) is 17.1 Å². The van der Waals surface area contributed by atoms with Crippen LogP contribution in [0, 0.1) is 5.92 Å². The van der Waals surface area contributed by atoms with Crippen LogP contribution in [0.2, 0.25) is 0 Å². The van der Waals surface area contributed by atoms with Gasteiger partial charge >= 0.3 is 0 Å². The van der Waals surface area contributed by atoms with Crippen LogP contribution < -0.4 is 5.73 Å². The van der Waals surface area contributed by atoms with Crippen LogP contribution in [0.4, 0.5) is 0 Å². The van der Waals surface area contributed by atoms with Gasteiger partial charge in [-0.15, -0.1) is 24.0 Å². The molecule has 0 aromatic heterocycles. The Hall–Kier alpha value is -0.340. The van der Waals surface area contributed by atoms with Gasteiger partial charge in [0, 0.05) is 32.2 Å². The number of hydrogen-bond donors (Lipinski definition) is 1. The lowest BCUT2D eigenvalue weighted by Crippen LogP contribution is -2.45. The predicted molar refractivity (Wildman–Crippen MR) is 87.0 cm³/mol. The second-order valence-corrected chi connectivity index (χ2v) is 4.98. The van der Waals surface area contributed by atoms with Crippen LogP contribution in [-0.2, 0) is 9.47 Å². The molecule has 19 heavy (non-hydrogen) atoms. The molecule has 0 aliphatic carbocycles. The molecule has 0 aromatic rings. The molecule has 0 amide bonds. The second kappa shape index (κ2) is 8.06. The molecule has 2 unspecified atom stereocenters. The van der Waals surface area contributed by atoms with E-state index < -0.39 is 0 Å². The van der Waals surface area contributed by atoms with Gasteiger partial charge in [0.1, 0.15) is 0 Å². The fraction of sp³-hybridized carbons (Fsp3) is 0.769. The standard InChI is InChI=1S/C13H23N3O2.HI/c1-10(2)12-11(3-6-18-12)9-15-13(14)16-4-7-17-8-5-16;/h11-12H,1,3-9H2,2H3,(H2,14,15);1H. The molecule has 0 bridgehead atoms. The Morgan fingerprint density at radius 1 is 1.37 bits per heavy atom. The topological polar surface area (TPSA) is 60.1 Å². The van der Waals surface area contributed by atoms with Crippen molar-refractivity contribution in [1.82, 2.24) is 4.90 Å². The fourth-order valence-corrected chi connectivity index (χ4v) is 2.47. The quantitative estimate of drug-likeness (QED) is 0.346. The summed E-state index contributed by atoms with van der Waals surface area (Å²) in [6, 6.07) is 0. The summed E-state index contributed by atoms with van der Waals surface area (Å²) in [4.78, 5) is 6.58. The van der Waals surface area contributed by atoms with E-state index in [1.807, 2.05) is 6.92 Å². The summed E-state index contributed by atoms with van der Waals surface area (Å²) in [6.45, 7) is 10.6. The number of guanidine groups is 1. The van der Waals surface area contributed by atoms with E-state index in [2.05, 4.69) is 16.5 Å². The maximum absolute atomic E-state index is 6.01. The van der Waals surface area contributed by atoms with E-state index in [4.69, 9.17) is 15.2 Å². The molecule has 0 spiro atoms. The van der Waals surface area contributed by atoms with Gasteiger partial charge < -0.3 is 20.1 Å². The van der Waals surface area contributed by atoms with E-state index in [1.165, 1.54) is 0 Å². The minimum Gasteiger partial charge on any atom is -0.378 e. The van der Waals surface area contributed by atoms with Gasteiger partial charge in [-0.3, -0.25) is 4.99 Å². The highest BCUT2D eigenvalue weighted by atomic mass is 127. The van der Waals surface area contributed by atoms with E-state index in [0.717, 1.165) is 51.4 Å². The van der Waals surface area contributed by atoms with Gasteiger partial charge in [-0.1, -0.05) is 12.2 Å². The Labute approximate surface area is 132 Å². The molecule has 2 N–H and O–H groups in total. The Kier molecular flexibility index (Phi) is 7.09. The number of aliphatic imine (C=N–C) groups is 1. The van der Waals surface area contributed by atoms with Crippen molar-refractivity contribution in [3.63, 3.8) is 0 Å². The van der Waals surface area contributed by atoms with E-state index in [9.17, 15) is 0 Å². The van der Waals surface area contributed by atoms with Gasteiger partial charge in [0.25, 0.3) is 0 Å². The number of ether oxygens (including phenoxy) is 2. The molecule has 110 valence electrons. The van der Waals surface area contributed by atoms with Crippen molar-refractivity contribution in [2.45, 2.75) is 19.4 Å². The summed E-state index contributed by atoms with van der Waals surface area (Å²) >= 11 is 0. The summed E-state index contributed by atoms with van der Waals surface area (Å²) in [5.41, 5.74) is 7.09. The molecule has 2 aliphatic heterocycles. The molecular formula is C13H24IN3O2. The molecule has 2 saturated heterocycles. The van der Waals surface area contributed by atoms with Crippen LogP contribution >= 0.6 is 24.0 Å². The molecule has 2 rings (SSSR count). The van der Waals surface area contributed by atoms with E-state index in [1.54, 1.807) is 0 Å². The molecular weight excluding hydrogens is 357 g/mol. The summed E-state index contributed by atoms with van der Waals surface area (Å²) in [6.07, 6.45) is 1.18. The van der Waals surface area contributed by atoms with Crippen LogP contribution in [0.1, 0.15) is 13.3 Å². The zero-order chi connectivity index (χ0) is 13.0. The molecule has 2 heterocycles. The SMILES string of the molecule is C=C(C)C1OCCC1CN=C(N)N1CCOCC1.I. The lowest BCUT2D eigenvalue weighted by Gasteiger charge is -2.28. The van der Waals surface area contributed by atoms with Crippen molar-refractivity contribution in [2.24, 2.45) is 16.6 Å². The van der Waals surface area contributed by atoms with Crippen molar-refractivity contribution >= 4 is 29.9 Å². The van der Waals surface area contributed by atoms with E-state index >= 15 is 0 Å². The number of hydrogen-bond acceptors (Lipinski definition) is 3. The molecule has 0 saturated carbocycles. The molecule has 2 atom stereocenters. The maximum atomic E-state index is 6.01.